The molecule has 3 N–H and O–H groups in total. The molecule has 1 aliphatic rings. The second-order valence-corrected chi connectivity index (χ2v) is 6.99. The first-order valence-corrected chi connectivity index (χ1v) is 9.47. The summed E-state index contributed by atoms with van der Waals surface area (Å²) in [6, 6.07) is 11.0. The minimum Gasteiger partial charge on any atom is -0.387 e. The number of rotatable bonds is 5. The fourth-order valence-electron chi connectivity index (χ4n) is 3.24. The number of anilines is 3. The Bertz CT molecular complexity index is 1050. The predicted octanol–water partition coefficient (Wildman–Crippen LogP) is 2.70. The van der Waals surface area contributed by atoms with E-state index in [1.54, 1.807) is 6.92 Å². The van der Waals surface area contributed by atoms with Crippen LogP contribution in [0.25, 0.3) is 0 Å². The van der Waals surface area contributed by atoms with E-state index in [0.717, 1.165) is 12.1 Å². The van der Waals surface area contributed by atoms with Gasteiger partial charge in [0.2, 0.25) is 5.91 Å². The van der Waals surface area contributed by atoms with Crippen LogP contribution in [0.4, 0.5) is 30.2 Å². The molecular formula is C21H19F3N4O4. The van der Waals surface area contributed by atoms with Crippen LogP contribution in [-0.4, -0.2) is 42.4 Å². The molecule has 0 unspecified atom stereocenters. The fraction of sp³-hybridized carbons (Fsp3) is 0.286. The molecule has 168 valence electrons. The van der Waals surface area contributed by atoms with E-state index in [4.69, 9.17) is 15.1 Å². The summed E-state index contributed by atoms with van der Waals surface area (Å²) in [5.74, 6) is -1.07. The maximum Gasteiger partial charge on any atom is 0.417 e. The normalized spacial score (nSPS) is 18.2. The molecule has 0 radical (unpaired) electrons. The number of hydrogen-bond donors (Lipinski definition) is 3. The third kappa shape index (κ3) is 5.16. The van der Waals surface area contributed by atoms with Crippen molar-refractivity contribution in [2.45, 2.75) is 25.4 Å². The van der Waals surface area contributed by atoms with Crippen LogP contribution in [-0.2, 0) is 20.5 Å². The number of aliphatic hydroxyl groups excluding tert-OH is 1. The average molecular weight is 448 g/mol. The average Bonchev–Trinajstić information content (AvgIpc) is 3.15. The monoisotopic (exact) mass is 448 g/mol. The van der Waals surface area contributed by atoms with E-state index in [-0.39, 0.29) is 12.2 Å². The summed E-state index contributed by atoms with van der Waals surface area (Å²) in [5.41, 5.74) is -0.499. The molecule has 0 saturated carbocycles. The predicted molar refractivity (Wildman–Crippen MR) is 109 cm³/mol. The number of amides is 2. The summed E-state index contributed by atoms with van der Waals surface area (Å²) in [5, 5.41) is 22.8. The van der Waals surface area contributed by atoms with Gasteiger partial charge in [-0.1, -0.05) is 0 Å². The molecule has 2 aromatic rings. The molecule has 1 fully saturated rings. The first-order chi connectivity index (χ1) is 15.1. The molecule has 2 aromatic carbocycles. The molecule has 3 rings (SSSR count). The lowest BCUT2D eigenvalue weighted by Crippen LogP contribution is -2.32. The van der Waals surface area contributed by atoms with E-state index in [0.29, 0.717) is 11.4 Å². The fourth-order valence-corrected chi connectivity index (χ4v) is 3.24. The van der Waals surface area contributed by atoms with Gasteiger partial charge in [-0.3, -0.25) is 9.59 Å². The SMILES string of the molecule is C[C@H]1O[C@H](C(=O)Nc2ccc(NC(=O)CO)cc2)CN1c1ccc(C#N)c(C(F)(F)F)c1. The number of carbonyl (C=O) groups excluding carboxylic acids is 2. The number of nitrogens with zero attached hydrogens (tertiary/aromatic N) is 2. The Hall–Kier alpha value is -3.62. The quantitative estimate of drug-likeness (QED) is 0.648. The number of nitrogens with one attached hydrogen (secondary N) is 2. The number of nitriles is 1. The van der Waals surface area contributed by atoms with Crippen LogP contribution in [0.1, 0.15) is 18.1 Å². The largest absolute Gasteiger partial charge is 0.417 e. The summed E-state index contributed by atoms with van der Waals surface area (Å²) in [4.78, 5) is 25.3. The van der Waals surface area contributed by atoms with Gasteiger partial charge in [-0.2, -0.15) is 18.4 Å². The highest BCUT2D eigenvalue weighted by Gasteiger charge is 2.38. The zero-order chi connectivity index (χ0) is 23.5. The molecule has 0 aliphatic carbocycles. The lowest BCUT2D eigenvalue weighted by atomic mass is 10.1. The maximum atomic E-state index is 13.3. The van der Waals surface area contributed by atoms with Crippen molar-refractivity contribution in [1.82, 2.24) is 0 Å². The molecule has 1 saturated heterocycles. The highest BCUT2D eigenvalue weighted by molar-refractivity contribution is 5.96. The minimum atomic E-state index is -4.69. The lowest BCUT2D eigenvalue weighted by molar-refractivity contribution is -0.137. The zero-order valence-corrected chi connectivity index (χ0v) is 16.8. The van der Waals surface area contributed by atoms with Gasteiger partial charge < -0.3 is 25.4 Å². The molecule has 2 amide bonds. The Kier molecular flexibility index (Phi) is 6.67. The number of aliphatic hydroxyl groups is 1. The highest BCUT2D eigenvalue weighted by atomic mass is 19.4. The summed E-state index contributed by atoms with van der Waals surface area (Å²) in [6.45, 7) is 0.966. The van der Waals surface area contributed by atoms with E-state index < -0.39 is 48.1 Å². The van der Waals surface area contributed by atoms with Crippen LogP contribution in [0, 0.1) is 11.3 Å². The molecule has 2 atom stereocenters. The van der Waals surface area contributed by atoms with E-state index >= 15 is 0 Å². The Morgan fingerprint density at radius 2 is 1.81 bits per heavy atom. The van der Waals surface area contributed by atoms with Gasteiger partial charge >= 0.3 is 6.18 Å². The van der Waals surface area contributed by atoms with Gasteiger partial charge in [-0.05, 0) is 49.4 Å². The van der Waals surface area contributed by atoms with E-state index in [1.807, 2.05) is 0 Å². The molecule has 8 nitrogen and oxygen atoms in total. The number of alkyl halides is 3. The molecule has 0 bridgehead atoms. The van der Waals surface area contributed by atoms with Crippen molar-refractivity contribution in [3.8, 4) is 6.07 Å². The second-order valence-electron chi connectivity index (χ2n) is 6.99. The summed E-state index contributed by atoms with van der Waals surface area (Å²) in [6.07, 6.45) is -6.30. The first kappa shape index (κ1) is 23.1. The van der Waals surface area contributed by atoms with E-state index in [9.17, 15) is 22.8 Å². The van der Waals surface area contributed by atoms with Crippen molar-refractivity contribution in [2.75, 3.05) is 28.7 Å². The van der Waals surface area contributed by atoms with Gasteiger partial charge in [0.05, 0.1) is 23.7 Å². The van der Waals surface area contributed by atoms with Gasteiger partial charge in [0.1, 0.15) is 12.8 Å². The van der Waals surface area contributed by atoms with Crippen molar-refractivity contribution >= 4 is 28.9 Å². The number of ether oxygens (including phenoxy) is 1. The second kappa shape index (κ2) is 9.25. The van der Waals surface area contributed by atoms with Gasteiger partial charge in [0.25, 0.3) is 5.91 Å². The number of halogens is 3. The summed E-state index contributed by atoms with van der Waals surface area (Å²) >= 11 is 0. The Morgan fingerprint density at radius 1 is 1.19 bits per heavy atom. The summed E-state index contributed by atoms with van der Waals surface area (Å²) in [7, 11) is 0. The van der Waals surface area contributed by atoms with E-state index in [2.05, 4.69) is 10.6 Å². The molecule has 1 heterocycles. The molecule has 0 aromatic heterocycles. The smallest absolute Gasteiger partial charge is 0.387 e. The Labute approximate surface area is 181 Å². The zero-order valence-electron chi connectivity index (χ0n) is 16.8. The third-order valence-electron chi connectivity index (χ3n) is 4.80. The van der Waals surface area contributed by atoms with Crippen LogP contribution in [0.3, 0.4) is 0 Å². The topological polar surface area (TPSA) is 115 Å². The Morgan fingerprint density at radius 3 is 2.38 bits per heavy atom. The standard InChI is InChI=1S/C21H19F3N4O4/c1-12-28(16-7-2-13(9-25)17(8-16)21(22,23)24)10-18(32-12)20(31)27-15-5-3-14(4-6-15)26-19(30)11-29/h2-8,12,18,29H,10-11H2,1H3,(H,26,30)(H,27,31)/t12-,18+/m1/s1. The van der Waals surface area contributed by atoms with Crippen LogP contribution >= 0.6 is 0 Å². The van der Waals surface area contributed by atoms with Crippen molar-refractivity contribution in [3.05, 3.63) is 53.6 Å². The molecule has 0 spiro atoms. The lowest BCUT2D eigenvalue weighted by Gasteiger charge is -2.23. The maximum absolute atomic E-state index is 13.3. The molecular weight excluding hydrogens is 429 g/mol. The van der Waals surface area contributed by atoms with Crippen LogP contribution < -0.4 is 15.5 Å². The number of carbonyl (C=O) groups is 2. The minimum absolute atomic E-state index is 0.0147. The molecule has 1 aliphatic heterocycles. The van der Waals surface area contributed by atoms with Gasteiger partial charge in [0, 0.05) is 17.1 Å². The third-order valence-corrected chi connectivity index (χ3v) is 4.80. The molecule has 32 heavy (non-hydrogen) atoms. The summed E-state index contributed by atoms with van der Waals surface area (Å²) < 4.78 is 45.4. The van der Waals surface area contributed by atoms with Crippen LogP contribution in [0.2, 0.25) is 0 Å². The van der Waals surface area contributed by atoms with E-state index in [1.165, 1.54) is 41.3 Å². The Balaban J connectivity index is 1.69. The van der Waals surface area contributed by atoms with Crippen molar-refractivity contribution in [1.29, 1.82) is 5.26 Å². The van der Waals surface area contributed by atoms with Crippen molar-refractivity contribution in [3.63, 3.8) is 0 Å². The highest BCUT2D eigenvalue weighted by Crippen LogP contribution is 2.36. The van der Waals surface area contributed by atoms with Gasteiger partial charge in [-0.15, -0.1) is 0 Å². The van der Waals surface area contributed by atoms with Crippen LogP contribution in [0.5, 0.6) is 0 Å². The molecule has 11 heteroatoms. The van der Waals surface area contributed by atoms with Crippen molar-refractivity contribution < 1.29 is 32.6 Å². The first-order valence-electron chi connectivity index (χ1n) is 9.47. The van der Waals surface area contributed by atoms with Crippen molar-refractivity contribution in [2.24, 2.45) is 0 Å². The number of benzene rings is 2. The number of hydrogen-bond acceptors (Lipinski definition) is 6. The van der Waals surface area contributed by atoms with Gasteiger partial charge in [-0.25, -0.2) is 0 Å². The van der Waals surface area contributed by atoms with Crippen LogP contribution in [0.15, 0.2) is 42.5 Å². The van der Waals surface area contributed by atoms with Gasteiger partial charge in [0.15, 0.2) is 6.10 Å².